The highest BCUT2D eigenvalue weighted by Gasteiger charge is 2.40. The van der Waals surface area contributed by atoms with Gasteiger partial charge >= 0.3 is 12.2 Å². The second-order valence-electron chi connectivity index (χ2n) is 15.7. The van der Waals surface area contributed by atoms with Gasteiger partial charge in [-0.1, -0.05) is 62.4 Å². The zero-order chi connectivity index (χ0) is 40.4. The van der Waals surface area contributed by atoms with E-state index in [0.717, 1.165) is 77.9 Å². The van der Waals surface area contributed by atoms with Crippen LogP contribution in [0, 0.1) is 5.92 Å². The highest BCUT2D eigenvalue weighted by Crippen LogP contribution is 2.42. The van der Waals surface area contributed by atoms with Crippen molar-refractivity contribution in [2.75, 3.05) is 27.3 Å². The first-order chi connectivity index (χ1) is 27.5. The van der Waals surface area contributed by atoms with E-state index in [1.807, 2.05) is 30.9 Å². The average molecular weight is 780 g/mol. The molecule has 2 saturated heterocycles. The number of aliphatic hydroxyl groups excluding tert-OH is 1. The third-order valence-electron chi connectivity index (χ3n) is 11.7. The summed E-state index contributed by atoms with van der Waals surface area (Å²) in [6.45, 7) is 6.47. The molecule has 14 heteroatoms. The number of carbonyl (C=O) groups excluding carboxylic acids is 4. The SMILES string of the molecule is COC(=O)N[C@H](C(=O)N1CCC[C@H]1c1[nH]c(-c2ccc(-c3ccc(-c4cnc([C@@H]5CCCN5C(=O)[C@@H](NC(=O)OC)[C@@H](C)O)[nH]4)cc3)cc2)c2c1CCC2)C(C)C. The number of methoxy groups -OCH3 is 2. The molecule has 5 atom stereocenters. The summed E-state index contributed by atoms with van der Waals surface area (Å²) in [5.74, 6) is 0.110. The van der Waals surface area contributed by atoms with Crippen LogP contribution in [0.3, 0.4) is 0 Å². The number of hydrogen-bond acceptors (Lipinski definition) is 8. The van der Waals surface area contributed by atoms with E-state index < -0.39 is 30.4 Å². The van der Waals surface area contributed by atoms with E-state index in [2.05, 4.69) is 66.7 Å². The topological polar surface area (TPSA) is 182 Å². The summed E-state index contributed by atoms with van der Waals surface area (Å²) in [5.41, 5.74) is 9.93. The summed E-state index contributed by atoms with van der Waals surface area (Å²) in [4.78, 5) is 66.6. The molecule has 57 heavy (non-hydrogen) atoms. The second kappa shape index (κ2) is 16.8. The largest absolute Gasteiger partial charge is 0.453 e. The van der Waals surface area contributed by atoms with Crippen molar-refractivity contribution in [1.29, 1.82) is 0 Å². The number of amides is 4. The number of H-pyrrole nitrogens is 2. The molecule has 0 saturated carbocycles. The molecule has 3 aliphatic rings. The molecule has 302 valence electrons. The van der Waals surface area contributed by atoms with Crippen LogP contribution in [0.5, 0.6) is 0 Å². The Morgan fingerprint density at radius 3 is 1.84 bits per heavy atom. The Hall–Kier alpha value is -5.63. The van der Waals surface area contributed by atoms with E-state index in [1.54, 1.807) is 11.1 Å². The first-order valence-electron chi connectivity index (χ1n) is 20.0. The maximum atomic E-state index is 13.8. The molecule has 0 radical (unpaired) electrons. The van der Waals surface area contributed by atoms with E-state index >= 15 is 0 Å². The number of nitrogens with one attached hydrogen (secondary N) is 4. The van der Waals surface area contributed by atoms with Gasteiger partial charge in [0, 0.05) is 24.5 Å². The van der Waals surface area contributed by atoms with Crippen molar-refractivity contribution in [1.82, 2.24) is 35.4 Å². The Morgan fingerprint density at radius 2 is 1.25 bits per heavy atom. The predicted molar refractivity (Wildman–Crippen MR) is 214 cm³/mol. The van der Waals surface area contributed by atoms with E-state index in [-0.39, 0.29) is 29.8 Å². The minimum Gasteiger partial charge on any atom is -0.453 e. The fourth-order valence-corrected chi connectivity index (χ4v) is 8.73. The molecule has 1 aliphatic carbocycles. The molecule has 0 spiro atoms. The summed E-state index contributed by atoms with van der Waals surface area (Å²) in [6.07, 6.45) is 5.59. The van der Waals surface area contributed by atoms with Crippen molar-refractivity contribution in [3.05, 3.63) is 77.4 Å². The lowest BCUT2D eigenvalue weighted by Gasteiger charge is -2.31. The van der Waals surface area contributed by atoms with Crippen LogP contribution in [0.2, 0.25) is 0 Å². The van der Waals surface area contributed by atoms with Gasteiger partial charge in [-0.25, -0.2) is 14.6 Å². The van der Waals surface area contributed by atoms with Crippen LogP contribution in [0.1, 0.15) is 87.6 Å². The quantitative estimate of drug-likeness (QED) is 0.122. The predicted octanol–water partition coefficient (Wildman–Crippen LogP) is 6.04. The number of aromatic amines is 2. The molecule has 4 aromatic rings. The minimum atomic E-state index is -1.13. The van der Waals surface area contributed by atoms with Crippen LogP contribution in [0.15, 0.2) is 54.7 Å². The first kappa shape index (κ1) is 39.6. The highest BCUT2D eigenvalue weighted by molar-refractivity contribution is 5.87. The molecule has 2 fully saturated rings. The van der Waals surface area contributed by atoms with Crippen LogP contribution >= 0.6 is 0 Å². The lowest BCUT2D eigenvalue weighted by molar-refractivity contribution is -0.137. The zero-order valence-corrected chi connectivity index (χ0v) is 33.3. The third kappa shape index (κ3) is 8.00. The van der Waals surface area contributed by atoms with Gasteiger partial charge in [-0.15, -0.1) is 0 Å². The molecule has 7 rings (SSSR count). The zero-order valence-electron chi connectivity index (χ0n) is 33.3. The number of benzene rings is 2. The van der Waals surface area contributed by atoms with Gasteiger partial charge in [0.15, 0.2) is 0 Å². The number of ether oxygens (including phenoxy) is 2. The normalized spacial score (nSPS) is 19.3. The monoisotopic (exact) mass is 779 g/mol. The Bertz CT molecular complexity index is 2090. The molecule has 5 N–H and O–H groups in total. The molecule has 0 bridgehead atoms. The fourth-order valence-electron chi connectivity index (χ4n) is 8.73. The van der Waals surface area contributed by atoms with Gasteiger partial charge < -0.3 is 45.0 Å². The molecule has 0 unspecified atom stereocenters. The van der Waals surface area contributed by atoms with Crippen LogP contribution in [-0.4, -0.2) is 99.4 Å². The van der Waals surface area contributed by atoms with Crippen molar-refractivity contribution in [2.45, 2.75) is 96.0 Å². The standard InChI is InChI=1S/C43H53N7O7/c1-24(2)35(47-42(54)56-4)40(52)49-21-7-11-33(49)38-31-10-6-9-30(31)37(46-38)29-19-15-27(16-20-29)26-13-17-28(18-14-26)32-23-44-39(45-32)34-12-8-22-50(34)41(53)36(25(3)51)48-43(55)57-5/h13-20,23-25,33-36,46,51H,6-12,21-22H2,1-5H3,(H,44,45)(H,47,54)(H,48,55)/t25-,33+,34+,35+,36+/m1/s1. The van der Waals surface area contributed by atoms with Crippen LogP contribution in [-0.2, 0) is 31.9 Å². The van der Waals surface area contributed by atoms with Gasteiger partial charge in [-0.3, -0.25) is 9.59 Å². The lowest BCUT2D eigenvalue weighted by atomic mass is 9.99. The number of nitrogens with zero attached hydrogens (tertiary/aromatic N) is 3. The smallest absolute Gasteiger partial charge is 0.407 e. The Labute approximate surface area is 332 Å². The van der Waals surface area contributed by atoms with Crippen molar-refractivity contribution in [3.8, 4) is 33.6 Å². The van der Waals surface area contributed by atoms with Crippen LogP contribution < -0.4 is 10.6 Å². The maximum Gasteiger partial charge on any atom is 0.407 e. The maximum absolute atomic E-state index is 13.8. The molecule has 4 heterocycles. The fraction of sp³-hybridized carbons (Fsp3) is 0.465. The Balaban J connectivity index is 1.05. The number of imidazole rings is 1. The number of likely N-dealkylation sites (tertiary alicyclic amines) is 2. The summed E-state index contributed by atoms with van der Waals surface area (Å²) >= 11 is 0. The highest BCUT2D eigenvalue weighted by atomic mass is 16.5. The van der Waals surface area contributed by atoms with Gasteiger partial charge in [0.1, 0.15) is 17.9 Å². The molecule has 4 amide bonds. The summed E-state index contributed by atoms with van der Waals surface area (Å²) < 4.78 is 9.47. The van der Waals surface area contributed by atoms with Crippen molar-refractivity contribution in [3.63, 3.8) is 0 Å². The van der Waals surface area contributed by atoms with Gasteiger partial charge in [-0.05, 0) is 91.2 Å². The van der Waals surface area contributed by atoms with Crippen LogP contribution in [0.25, 0.3) is 33.6 Å². The molecular formula is C43H53N7O7. The number of carbonyl (C=O) groups is 4. The van der Waals surface area contributed by atoms with Crippen LogP contribution in [0.4, 0.5) is 9.59 Å². The minimum absolute atomic E-state index is 0.0695. The van der Waals surface area contributed by atoms with E-state index in [1.165, 1.54) is 32.3 Å². The number of hydrogen-bond donors (Lipinski definition) is 5. The van der Waals surface area contributed by atoms with Crippen molar-refractivity contribution < 1.29 is 33.8 Å². The van der Waals surface area contributed by atoms with E-state index in [4.69, 9.17) is 4.74 Å². The van der Waals surface area contributed by atoms with Crippen molar-refractivity contribution >= 4 is 24.0 Å². The number of fused-ring (bicyclic) bond motifs is 1. The Morgan fingerprint density at radius 1 is 0.719 bits per heavy atom. The average Bonchev–Trinajstić information content (AvgIpc) is 4.07. The Kier molecular flexibility index (Phi) is 11.7. The van der Waals surface area contributed by atoms with E-state index in [0.29, 0.717) is 25.3 Å². The lowest BCUT2D eigenvalue weighted by Crippen LogP contribution is -2.53. The summed E-state index contributed by atoms with van der Waals surface area (Å²) in [6, 6.07) is 14.7. The van der Waals surface area contributed by atoms with Gasteiger partial charge in [-0.2, -0.15) is 0 Å². The number of rotatable bonds is 11. The van der Waals surface area contributed by atoms with Crippen molar-refractivity contribution in [2.24, 2.45) is 5.92 Å². The first-order valence-corrected chi connectivity index (χ1v) is 20.0. The number of alkyl carbamates (subject to hydrolysis) is 2. The number of aromatic nitrogens is 3. The summed E-state index contributed by atoms with van der Waals surface area (Å²) in [5, 5.41) is 15.5. The van der Waals surface area contributed by atoms with Gasteiger partial charge in [0.05, 0.1) is 44.3 Å². The molecule has 2 aromatic heterocycles. The molecule has 14 nitrogen and oxygen atoms in total. The summed E-state index contributed by atoms with van der Waals surface area (Å²) in [7, 11) is 2.52. The molecule has 2 aromatic carbocycles. The second-order valence-corrected chi connectivity index (χ2v) is 15.7. The third-order valence-corrected chi connectivity index (χ3v) is 11.7. The van der Waals surface area contributed by atoms with E-state index in [9.17, 15) is 24.3 Å². The number of aliphatic hydroxyl groups is 1. The van der Waals surface area contributed by atoms with Gasteiger partial charge in [0.25, 0.3) is 0 Å². The molecular weight excluding hydrogens is 727 g/mol. The molecule has 2 aliphatic heterocycles. The van der Waals surface area contributed by atoms with Gasteiger partial charge in [0.2, 0.25) is 11.8 Å².